The van der Waals surface area contributed by atoms with Gasteiger partial charge in [-0.2, -0.15) is 0 Å². The summed E-state index contributed by atoms with van der Waals surface area (Å²) < 4.78 is 0. The first-order valence-corrected chi connectivity index (χ1v) is 9.81. The third-order valence-corrected chi connectivity index (χ3v) is 6.26. The van der Waals surface area contributed by atoms with Crippen molar-refractivity contribution in [2.24, 2.45) is 0 Å². The predicted molar refractivity (Wildman–Crippen MR) is 111 cm³/mol. The zero-order valence-electron chi connectivity index (χ0n) is 16.1. The minimum absolute atomic E-state index is 0.116. The summed E-state index contributed by atoms with van der Waals surface area (Å²) in [6.45, 7) is 2.44. The summed E-state index contributed by atoms with van der Waals surface area (Å²) in [7, 11) is 0. The van der Waals surface area contributed by atoms with Crippen LogP contribution in [0.2, 0.25) is 0 Å². The normalized spacial score (nSPS) is 22.0. The molecule has 29 heavy (non-hydrogen) atoms. The van der Waals surface area contributed by atoms with E-state index in [2.05, 4.69) is 37.3 Å². The van der Waals surface area contributed by atoms with Crippen LogP contribution in [0.5, 0.6) is 0 Å². The highest BCUT2D eigenvalue weighted by atomic mass is 16.4. The zero-order chi connectivity index (χ0) is 20.2. The van der Waals surface area contributed by atoms with Crippen molar-refractivity contribution in [2.45, 2.75) is 31.2 Å². The Labute approximate surface area is 169 Å². The molecule has 1 heterocycles. The van der Waals surface area contributed by atoms with Gasteiger partial charge in [0.05, 0.1) is 17.5 Å². The van der Waals surface area contributed by atoms with Crippen LogP contribution in [0.15, 0.2) is 72.8 Å². The summed E-state index contributed by atoms with van der Waals surface area (Å²) in [4.78, 5) is 26.8. The average molecular weight is 383 g/mol. The van der Waals surface area contributed by atoms with E-state index in [0.29, 0.717) is 6.54 Å². The number of aryl methyl sites for hydroxylation is 1. The second kappa shape index (κ2) is 6.31. The molecule has 1 spiro atoms. The van der Waals surface area contributed by atoms with Crippen LogP contribution in [-0.4, -0.2) is 17.0 Å². The summed E-state index contributed by atoms with van der Waals surface area (Å²) in [5, 5.41) is 9.27. The third kappa shape index (κ3) is 2.67. The number of para-hydroxylation sites is 1. The van der Waals surface area contributed by atoms with E-state index in [-0.39, 0.29) is 17.4 Å². The van der Waals surface area contributed by atoms with Crippen LogP contribution >= 0.6 is 0 Å². The molecular formula is C25H21NO3. The molecule has 3 aromatic rings. The number of hydrogen-bond acceptors (Lipinski definition) is 2. The summed E-state index contributed by atoms with van der Waals surface area (Å²) in [6, 6.07) is 23.3. The number of rotatable bonds is 4. The molecule has 1 amide bonds. The first-order chi connectivity index (χ1) is 14.0. The molecule has 4 nitrogen and oxygen atoms in total. The maximum Gasteiger partial charge on any atom is 0.335 e. The summed E-state index contributed by atoms with van der Waals surface area (Å²) >= 11 is 0. The van der Waals surface area contributed by atoms with E-state index in [1.54, 1.807) is 18.2 Å². The summed E-state index contributed by atoms with van der Waals surface area (Å²) in [5.74, 6) is -0.657. The Morgan fingerprint density at radius 2 is 1.83 bits per heavy atom. The molecule has 144 valence electrons. The van der Waals surface area contributed by atoms with Gasteiger partial charge in [-0.25, -0.2) is 4.79 Å². The predicted octanol–water partition coefficient (Wildman–Crippen LogP) is 4.67. The third-order valence-electron chi connectivity index (χ3n) is 6.26. The lowest BCUT2D eigenvalue weighted by Crippen LogP contribution is -2.32. The minimum Gasteiger partial charge on any atom is -0.478 e. The summed E-state index contributed by atoms with van der Waals surface area (Å²) in [5.41, 5.74) is 5.00. The number of nitrogens with zero attached hydrogens (tertiary/aromatic N) is 1. The largest absolute Gasteiger partial charge is 0.478 e. The fourth-order valence-corrected chi connectivity index (χ4v) is 4.69. The Morgan fingerprint density at radius 1 is 1.07 bits per heavy atom. The zero-order valence-corrected chi connectivity index (χ0v) is 16.1. The fourth-order valence-electron chi connectivity index (χ4n) is 4.69. The van der Waals surface area contributed by atoms with Gasteiger partial charge in [0.2, 0.25) is 5.91 Å². The number of fused-ring (bicyclic) bond motifs is 2. The van der Waals surface area contributed by atoms with Gasteiger partial charge in [-0.15, -0.1) is 0 Å². The molecule has 4 heteroatoms. The van der Waals surface area contributed by atoms with E-state index in [0.717, 1.165) is 23.2 Å². The molecule has 2 aliphatic rings. The minimum atomic E-state index is -0.960. The molecular weight excluding hydrogens is 362 g/mol. The Hall–Kier alpha value is -3.40. The van der Waals surface area contributed by atoms with Crippen molar-refractivity contribution in [3.05, 3.63) is 101 Å². The quantitative estimate of drug-likeness (QED) is 0.713. The highest BCUT2D eigenvalue weighted by molar-refractivity contribution is 6.11. The maximum atomic E-state index is 13.6. The molecule has 1 aliphatic carbocycles. The highest BCUT2D eigenvalue weighted by Gasteiger charge is 2.66. The number of benzene rings is 3. The van der Waals surface area contributed by atoms with Crippen molar-refractivity contribution in [1.82, 2.24) is 0 Å². The van der Waals surface area contributed by atoms with Gasteiger partial charge in [-0.1, -0.05) is 60.2 Å². The van der Waals surface area contributed by atoms with Crippen LogP contribution < -0.4 is 4.90 Å². The number of carboxylic acids is 1. The van der Waals surface area contributed by atoms with Crippen LogP contribution in [0.1, 0.15) is 45.0 Å². The molecule has 1 saturated carbocycles. The molecule has 0 saturated heterocycles. The SMILES string of the molecule is Cc1ccc([C@H]2C[C@@]23C(=O)N(Cc2cccc(C(=O)O)c2)c2ccccc23)cc1. The maximum absolute atomic E-state index is 13.6. The number of amides is 1. The molecule has 2 atom stereocenters. The van der Waals surface area contributed by atoms with Gasteiger partial charge in [0.1, 0.15) is 0 Å². The standard InChI is InChI=1S/C25H21NO3/c1-16-9-11-18(12-10-16)21-14-25(21)20-7-2-3-8-22(20)26(24(25)29)15-17-5-4-6-19(13-17)23(27)28/h2-13,21H,14-15H2,1H3,(H,27,28)/t21-,25+/m1/s1. The average Bonchev–Trinajstić information content (AvgIpc) is 3.44. The molecule has 1 fully saturated rings. The number of aromatic carboxylic acids is 1. The number of carbonyl (C=O) groups is 2. The molecule has 3 aromatic carbocycles. The fraction of sp³-hybridized carbons (Fsp3) is 0.200. The first-order valence-electron chi connectivity index (χ1n) is 9.81. The van der Waals surface area contributed by atoms with Gasteiger partial charge >= 0.3 is 5.97 Å². The van der Waals surface area contributed by atoms with Crippen molar-refractivity contribution in [3.8, 4) is 0 Å². The topological polar surface area (TPSA) is 57.6 Å². The van der Waals surface area contributed by atoms with Gasteiger partial charge in [0, 0.05) is 11.6 Å². The number of anilines is 1. The first kappa shape index (κ1) is 17.7. The van der Waals surface area contributed by atoms with Crippen molar-refractivity contribution in [3.63, 3.8) is 0 Å². The van der Waals surface area contributed by atoms with Crippen LogP contribution in [0.3, 0.4) is 0 Å². The number of hydrogen-bond donors (Lipinski definition) is 1. The van der Waals surface area contributed by atoms with Crippen LogP contribution in [0, 0.1) is 6.92 Å². The van der Waals surface area contributed by atoms with Gasteiger partial charge in [0.15, 0.2) is 0 Å². The molecule has 0 aromatic heterocycles. The Bertz CT molecular complexity index is 1130. The monoisotopic (exact) mass is 383 g/mol. The lowest BCUT2D eigenvalue weighted by Gasteiger charge is -2.19. The van der Waals surface area contributed by atoms with Crippen LogP contribution in [0.25, 0.3) is 0 Å². The van der Waals surface area contributed by atoms with Gasteiger partial charge in [-0.05, 0) is 48.2 Å². The van der Waals surface area contributed by atoms with Gasteiger partial charge in [-0.3, -0.25) is 4.79 Å². The molecule has 1 N–H and O–H groups in total. The van der Waals surface area contributed by atoms with E-state index >= 15 is 0 Å². The van der Waals surface area contributed by atoms with Crippen molar-refractivity contribution < 1.29 is 14.7 Å². The van der Waals surface area contributed by atoms with E-state index in [4.69, 9.17) is 0 Å². The smallest absolute Gasteiger partial charge is 0.335 e. The second-order valence-corrected chi connectivity index (χ2v) is 8.05. The van der Waals surface area contributed by atoms with Crippen molar-refractivity contribution in [1.29, 1.82) is 0 Å². The Morgan fingerprint density at radius 3 is 2.59 bits per heavy atom. The van der Waals surface area contributed by atoms with Gasteiger partial charge < -0.3 is 10.0 Å². The molecule has 1 aliphatic heterocycles. The van der Waals surface area contributed by atoms with Crippen molar-refractivity contribution in [2.75, 3.05) is 4.90 Å². The van der Waals surface area contributed by atoms with Crippen LogP contribution in [-0.2, 0) is 16.8 Å². The molecule has 0 radical (unpaired) electrons. The van der Waals surface area contributed by atoms with Gasteiger partial charge in [0.25, 0.3) is 0 Å². The molecule has 5 rings (SSSR count). The Kier molecular flexibility index (Phi) is 3.85. The molecule has 0 bridgehead atoms. The molecule has 0 unspecified atom stereocenters. The number of carbonyl (C=O) groups excluding carboxylic acids is 1. The van der Waals surface area contributed by atoms with E-state index in [1.807, 2.05) is 29.2 Å². The second-order valence-electron chi connectivity index (χ2n) is 8.05. The number of carboxylic acid groups (broad SMARTS) is 1. The Balaban J connectivity index is 1.51. The summed E-state index contributed by atoms with van der Waals surface area (Å²) in [6.07, 6.45) is 0.817. The lowest BCUT2D eigenvalue weighted by atomic mass is 9.92. The lowest BCUT2D eigenvalue weighted by molar-refractivity contribution is -0.120. The van der Waals surface area contributed by atoms with E-state index in [9.17, 15) is 14.7 Å². The van der Waals surface area contributed by atoms with E-state index < -0.39 is 11.4 Å². The van der Waals surface area contributed by atoms with Crippen LogP contribution in [0.4, 0.5) is 5.69 Å². The highest BCUT2D eigenvalue weighted by Crippen LogP contribution is 2.66. The van der Waals surface area contributed by atoms with E-state index in [1.165, 1.54) is 11.1 Å². The van der Waals surface area contributed by atoms with Crippen molar-refractivity contribution >= 4 is 17.6 Å².